The standard InChI is InChI=1S/C68H98N16O16S/c1-8-37(3)56(83-63(94)51(33-55(87)88)79-60(91)47(26-29-101-7)75-40(6)85)65(96)74-39(5)58(89)82-57(38(4)9-2)66(97)76-46(24-25-54(70)86)59(90)81-52(32-43-35-71-36-73-43)67(98)84-28-17-23-53(84)64(95)80-50(31-42-34-72-45-21-14-13-20-44(42)45)62(93)78-49(30-41-18-11-10-12-19-41)61(92)77-48(68(99)100)22-15-16-27-69/h10-14,18-21,34-39,46-53,56-57,72H,8-9,15-17,22-33,69H2,1-7H3,(H2,70,86)(H,71,73)(H,74,96)(H,75,85)(H,76,97)(H,77,92)(H,78,93)(H,79,91)(H,80,95)(H,81,90)(H,82,89)(H,83,94)(H,87,88)(H,99,100)/t37-,38-,39-,46-,47-,48-,49-,50-,51-,52-,53-,56-,57-/m0/s1. The molecule has 101 heavy (non-hydrogen) atoms. The number of carbonyl (C=O) groups excluding carboxylic acids is 12. The van der Waals surface area contributed by atoms with Gasteiger partial charge in [0.05, 0.1) is 12.7 Å². The Kier molecular flexibility index (Phi) is 33.2. The third-order valence-corrected chi connectivity index (χ3v) is 18.3. The molecule has 1 aliphatic rings. The van der Waals surface area contributed by atoms with Gasteiger partial charge in [0.25, 0.3) is 0 Å². The summed E-state index contributed by atoms with van der Waals surface area (Å²) in [6.07, 6.45) is 6.09. The number of benzene rings is 2. The molecule has 0 radical (unpaired) electrons. The van der Waals surface area contributed by atoms with Gasteiger partial charge in [-0.2, -0.15) is 11.8 Å². The Morgan fingerprint density at radius 1 is 0.614 bits per heavy atom. The monoisotopic (exact) mass is 1430 g/mol. The van der Waals surface area contributed by atoms with Gasteiger partial charge in [-0.05, 0) is 99.5 Å². The molecule has 5 rings (SSSR count). The number of thioether (sulfide) groups is 1. The number of imidazole rings is 1. The summed E-state index contributed by atoms with van der Waals surface area (Å²) in [5.74, 6) is -13.7. The van der Waals surface area contributed by atoms with E-state index in [4.69, 9.17) is 11.5 Å². The number of nitrogens with two attached hydrogens (primary N) is 2. The lowest BCUT2D eigenvalue weighted by atomic mass is 9.96. The molecular formula is C68H98N16O16S. The summed E-state index contributed by atoms with van der Waals surface area (Å²) in [7, 11) is 0. The molecule has 1 saturated heterocycles. The lowest BCUT2D eigenvalue weighted by molar-refractivity contribution is -0.143. The van der Waals surface area contributed by atoms with Gasteiger partial charge in [0.2, 0.25) is 70.9 Å². The zero-order valence-corrected chi connectivity index (χ0v) is 58.8. The SMILES string of the molecule is CC[C@H](C)[C@H](NC(=O)[C@H](C)NC(=O)[C@@H](NC(=O)[C@H](CC(=O)O)NC(=O)[C@H](CCSC)NC(C)=O)[C@@H](C)CC)C(=O)N[C@@H](CCC(N)=O)C(=O)N[C@@H](Cc1cnc[nH]1)C(=O)N1CCC[C@H]1C(=O)N[C@@H](Cc1c[nH]c2ccccc12)C(=O)N[C@@H](Cc1ccccc1)C(=O)N[C@@H](CCCCN)C(=O)O. The van der Waals surface area contributed by atoms with Gasteiger partial charge >= 0.3 is 11.9 Å². The Morgan fingerprint density at radius 2 is 1.18 bits per heavy atom. The molecule has 1 aliphatic heterocycles. The quantitative estimate of drug-likeness (QED) is 0.0251. The van der Waals surface area contributed by atoms with Crippen LogP contribution in [0.3, 0.4) is 0 Å². The van der Waals surface area contributed by atoms with Gasteiger partial charge < -0.3 is 89.7 Å². The molecule has 0 saturated carbocycles. The number of aromatic amines is 2. The van der Waals surface area contributed by atoms with Crippen molar-refractivity contribution in [3.63, 3.8) is 0 Å². The summed E-state index contributed by atoms with van der Waals surface area (Å²) in [6, 6.07) is 0.528. The molecule has 0 bridgehead atoms. The minimum atomic E-state index is -1.70. The van der Waals surface area contributed by atoms with E-state index in [1.807, 2.05) is 18.2 Å². The number of amides is 12. The number of para-hydroxylation sites is 1. The zero-order valence-electron chi connectivity index (χ0n) is 58.0. The summed E-state index contributed by atoms with van der Waals surface area (Å²) >= 11 is 1.39. The molecule has 0 unspecified atom stereocenters. The number of unbranched alkanes of at least 4 members (excludes halogenated alkanes) is 1. The van der Waals surface area contributed by atoms with Crippen LogP contribution in [0.4, 0.5) is 0 Å². The molecule has 12 amide bonds. The van der Waals surface area contributed by atoms with E-state index >= 15 is 4.79 Å². The lowest BCUT2D eigenvalue weighted by Gasteiger charge is -2.31. The third-order valence-electron chi connectivity index (χ3n) is 17.6. The molecule has 1 fully saturated rings. The molecule has 33 heteroatoms. The number of carboxylic acid groups (broad SMARTS) is 2. The summed E-state index contributed by atoms with van der Waals surface area (Å²) in [5.41, 5.74) is 13.6. The molecule has 0 aliphatic carbocycles. The molecule has 18 N–H and O–H groups in total. The van der Waals surface area contributed by atoms with Crippen LogP contribution in [-0.2, 0) is 86.4 Å². The number of likely N-dealkylation sites (tertiary alicyclic amines) is 1. The highest BCUT2D eigenvalue weighted by Crippen LogP contribution is 2.24. The van der Waals surface area contributed by atoms with Gasteiger partial charge in [0.15, 0.2) is 0 Å². The smallest absolute Gasteiger partial charge is 0.326 e. The van der Waals surface area contributed by atoms with Gasteiger partial charge in [0.1, 0.15) is 66.5 Å². The Hall–Kier alpha value is -9.92. The van der Waals surface area contributed by atoms with Crippen molar-refractivity contribution in [3.05, 3.63) is 90.1 Å². The van der Waals surface area contributed by atoms with Crippen LogP contribution in [-0.4, -0.2) is 204 Å². The average molecular weight is 1430 g/mol. The van der Waals surface area contributed by atoms with E-state index in [0.717, 1.165) is 10.9 Å². The Balaban J connectivity index is 1.37. The van der Waals surface area contributed by atoms with E-state index in [1.54, 1.807) is 76.5 Å². The van der Waals surface area contributed by atoms with Crippen molar-refractivity contribution in [3.8, 4) is 0 Å². The predicted octanol–water partition coefficient (Wildman–Crippen LogP) is -0.403. The molecule has 32 nitrogen and oxygen atoms in total. The molecule has 3 heterocycles. The van der Waals surface area contributed by atoms with E-state index in [1.165, 1.54) is 43.0 Å². The van der Waals surface area contributed by atoms with Crippen molar-refractivity contribution in [2.75, 3.05) is 25.1 Å². The van der Waals surface area contributed by atoms with Crippen LogP contribution in [0.15, 0.2) is 73.3 Å². The van der Waals surface area contributed by atoms with Crippen LogP contribution in [0, 0.1) is 11.8 Å². The van der Waals surface area contributed by atoms with Crippen LogP contribution in [0.2, 0.25) is 0 Å². The van der Waals surface area contributed by atoms with Gasteiger partial charge in [-0.15, -0.1) is 0 Å². The average Bonchev–Trinajstić information content (AvgIpc) is 1.74. The first kappa shape index (κ1) is 81.8. The van der Waals surface area contributed by atoms with Crippen molar-refractivity contribution < 1.29 is 77.3 Å². The first-order chi connectivity index (χ1) is 48.1. The fraction of sp³-hybridized carbons (Fsp3) is 0.544. The molecule has 0 spiro atoms. The molecular weight excluding hydrogens is 1330 g/mol. The number of aliphatic carboxylic acids is 2. The number of nitrogens with one attached hydrogen (secondary N) is 12. The number of hydrogen-bond acceptors (Lipinski definition) is 17. The van der Waals surface area contributed by atoms with Crippen LogP contribution >= 0.6 is 11.8 Å². The maximum atomic E-state index is 15.1. The maximum Gasteiger partial charge on any atom is 0.326 e. The number of carboxylic acids is 2. The number of carbonyl (C=O) groups is 14. The number of primary amides is 1. The molecule has 2 aromatic carbocycles. The van der Waals surface area contributed by atoms with E-state index in [0.29, 0.717) is 54.8 Å². The first-order valence-electron chi connectivity index (χ1n) is 33.9. The van der Waals surface area contributed by atoms with Crippen molar-refractivity contribution >= 4 is 105 Å². The highest BCUT2D eigenvalue weighted by Gasteiger charge is 2.42. The van der Waals surface area contributed by atoms with Crippen molar-refractivity contribution in [2.45, 2.75) is 198 Å². The van der Waals surface area contributed by atoms with E-state index in [2.05, 4.69) is 68.1 Å². The third kappa shape index (κ3) is 25.6. The molecule has 552 valence electrons. The van der Waals surface area contributed by atoms with Gasteiger partial charge in [-0.1, -0.05) is 89.1 Å². The van der Waals surface area contributed by atoms with Crippen molar-refractivity contribution in [2.24, 2.45) is 23.3 Å². The van der Waals surface area contributed by atoms with Crippen molar-refractivity contribution in [1.29, 1.82) is 0 Å². The summed E-state index contributed by atoms with van der Waals surface area (Å²) in [6.45, 7) is 9.46. The molecule has 13 atom stereocenters. The Labute approximate surface area is 589 Å². The second-order valence-corrected chi connectivity index (χ2v) is 26.3. The number of hydrogen-bond donors (Lipinski definition) is 16. The van der Waals surface area contributed by atoms with Crippen molar-refractivity contribution in [1.82, 2.24) is 73.0 Å². The number of H-pyrrole nitrogens is 2. The number of aromatic nitrogens is 3. The highest BCUT2D eigenvalue weighted by atomic mass is 32.2. The molecule has 4 aromatic rings. The second kappa shape index (κ2) is 41.0. The van der Waals surface area contributed by atoms with Crippen LogP contribution in [0.25, 0.3) is 10.9 Å². The topological polar surface area (TPSA) is 499 Å². The van der Waals surface area contributed by atoms with Gasteiger partial charge in [-0.3, -0.25) is 62.3 Å². The Morgan fingerprint density at radius 3 is 1.77 bits per heavy atom. The highest BCUT2D eigenvalue weighted by molar-refractivity contribution is 7.98. The summed E-state index contributed by atoms with van der Waals surface area (Å²) in [5, 5.41) is 46.6. The van der Waals surface area contributed by atoms with E-state index < -0.39 is 180 Å². The predicted molar refractivity (Wildman–Crippen MR) is 373 cm³/mol. The maximum absolute atomic E-state index is 15.1. The minimum Gasteiger partial charge on any atom is -0.481 e. The fourth-order valence-electron chi connectivity index (χ4n) is 11.5. The van der Waals surface area contributed by atoms with Crippen LogP contribution < -0.4 is 64.6 Å². The summed E-state index contributed by atoms with van der Waals surface area (Å²) in [4.78, 5) is 203. The Bertz CT molecular complexity index is 3500. The normalized spacial score (nSPS) is 16.3. The zero-order chi connectivity index (χ0) is 74.5. The second-order valence-electron chi connectivity index (χ2n) is 25.3. The van der Waals surface area contributed by atoms with Gasteiger partial charge in [0, 0.05) is 68.1 Å². The number of fused-ring (bicyclic) bond motifs is 1. The molecule has 2 aromatic heterocycles. The lowest BCUT2D eigenvalue weighted by Crippen LogP contribution is -2.61. The summed E-state index contributed by atoms with van der Waals surface area (Å²) < 4.78 is 0. The number of rotatable bonds is 43. The fourth-order valence-corrected chi connectivity index (χ4v) is 11.9. The van der Waals surface area contributed by atoms with E-state index in [-0.39, 0.29) is 51.5 Å². The van der Waals surface area contributed by atoms with Gasteiger partial charge in [-0.25, -0.2) is 9.78 Å². The first-order valence-corrected chi connectivity index (χ1v) is 35.3. The van der Waals surface area contributed by atoms with E-state index in [9.17, 15) is 72.5 Å². The number of nitrogens with zero attached hydrogens (tertiary/aromatic N) is 2. The van der Waals surface area contributed by atoms with Crippen LogP contribution in [0.1, 0.15) is 129 Å². The van der Waals surface area contributed by atoms with Crippen LogP contribution in [0.5, 0.6) is 0 Å². The largest absolute Gasteiger partial charge is 0.481 e. The minimum absolute atomic E-state index is 0.00105.